The second-order valence-electron chi connectivity index (χ2n) is 3.02. The van der Waals surface area contributed by atoms with Gasteiger partial charge in [0.05, 0.1) is 0 Å². The normalized spacial score (nSPS) is 25.2. The van der Waals surface area contributed by atoms with Crippen LogP contribution in [-0.2, 0) is 18.9 Å². The van der Waals surface area contributed by atoms with E-state index in [9.17, 15) is 9.59 Å². The third-order valence-corrected chi connectivity index (χ3v) is 1.93. The third-order valence-electron chi connectivity index (χ3n) is 1.93. The van der Waals surface area contributed by atoms with Gasteiger partial charge in [-0.2, -0.15) is 0 Å². The van der Waals surface area contributed by atoms with Crippen LogP contribution in [0, 0.1) is 0 Å². The van der Waals surface area contributed by atoms with Gasteiger partial charge in [0.25, 0.3) is 0 Å². The van der Waals surface area contributed by atoms with Gasteiger partial charge in [0.15, 0.2) is 0 Å². The minimum Gasteiger partial charge on any atom is -0.315 e. The number of amides is 4. The van der Waals surface area contributed by atoms with Crippen molar-refractivity contribution in [2.75, 3.05) is 26.9 Å². The van der Waals surface area contributed by atoms with Gasteiger partial charge in [-0.25, -0.2) is 9.59 Å². The van der Waals surface area contributed by atoms with Crippen molar-refractivity contribution >= 4 is 12.1 Å². The Labute approximate surface area is 95.9 Å². The second kappa shape index (κ2) is 5.14. The largest absolute Gasteiger partial charge is 0.419 e. The van der Waals surface area contributed by atoms with E-state index >= 15 is 0 Å². The number of urea groups is 2. The Kier molecular flexibility index (Phi) is 3.58. The Morgan fingerprint density at radius 3 is 1.29 bits per heavy atom. The van der Waals surface area contributed by atoms with E-state index in [0.717, 1.165) is 0 Å². The van der Waals surface area contributed by atoms with Crippen LogP contribution in [0.1, 0.15) is 0 Å². The van der Waals surface area contributed by atoms with Crippen molar-refractivity contribution in [3.8, 4) is 0 Å². The highest BCUT2D eigenvalue weighted by Gasteiger charge is 2.38. The Balaban J connectivity index is 1.95. The van der Waals surface area contributed by atoms with E-state index < -0.39 is 18.2 Å². The first-order valence-corrected chi connectivity index (χ1v) is 4.79. The van der Waals surface area contributed by atoms with Crippen molar-refractivity contribution < 1.29 is 28.5 Å². The second-order valence-corrected chi connectivity index (χ2v) is 3.02. The van der Waals surface area contributed by atoms with E-state index in [4.69, 9.17) is 18.9 Å². The van der Waals surface area contributed by atoms with Crippen molar-refractivity contribution in [1.29, 1.82) is 0 Å². The Morgan fingerprint density at radius 2 is 1.00 bits per heavy atom. The van der Waals surface area contributed by atoms with Crippen LogP contribution in [0.2, 0.25) is 0 Å². The zero-order chi connectivity index (χ0) is 12.1. The molecule has 0 aromatic heterocycles. The SMILES string of the molecule is O=C1NCOC2(OCN1)OCNC(=O)NCO2. The zero-order valence-corrected chi connectivity index (χ0v) is 8.78. The summed E-state index contributed by atoms with van der Waals surface area (Å²) in [6.07, 6.45) is -1.78. The van der Waals surface area contributed by atoms with Gasteiger partial charge < -0.3 is 21.3 Å². The molecule has 2 heterocycles. The maximum absolute atomic E-state index is 10.9. The maximum Gasteiger partial charge on any atom is 0.419 e. The highest BCUT2D eigenvalue weighted by molar-refractivity contribution is 5.73. The molecule has 0 aromatic rings. The summed E-state index contributed by atoms with van der Waals surface area (Å²) < 4.78 is 20.5. The molecule has 0 bridgehead atoms. The highest BCUT2D eigenvalue weighted by atomic mass is 17.0. The van der Waals surface area contributed by atoms with Crippen LogP contribution in [0.5, 0.6) is 0 Å². The number of rotatable bonds is 0. The lowest BCUT2D eigenvalue weighted by molar-refractivity contribution is -0.504. The molecule has 2 saturated heterocycles. The molecule has 2 fully saturated rings. The van der Waals surface area contributed by atoms with Crippen molar-refractivity contribution in [2.24, 2.45) is 0 Å². The topological polar surface area (TPSA) is 119 Å². The van der Waals surface area contributed by atoms with Crippen LogP contribution in [-0.4, -0.2) is 45.1 Å². The predicted octanol–water partition coefficient (Wildman–Crippen LogP) is -1.88. The van der Waals surface area contributed by atoms with Crippen molar-refractivity contribution in [3.63, 3.8) is 0 Å². The summed E-state index contributed by atoms with van der Waals surface area (Å²) in [7, 11) is 0. The van der Waals surface area contributed by atoms with Crippen LogP contribution < -0.4 is 21.3 Å². The fourth-order valence-electron chi connectivity index (χ4n) is 1.14. The van der Waals surface area contributed by atoms with Crippen molar-refractivity contribution in [1.82, 2.24) is 21.3 Å². The molecule has 0 radical (unpaired) electrons. The maximum atomic E-state index is 10.9. The van der Waals surface area contributed by atoms with E-state index in [-0.39, 0.29) is 26.9 Å². The van der Waals surface area contributed by atoms with Gasteiger partial charge >= 0.3 is 18.2 Å². The van der Waals surface area contributed by atoms with E-state index in [2.05, 4.69) is 21.3 Å². The van der Waals surface area contributed by atoms with Crippen LogP contribution in [0.25, 0.3) is 0 Å². The Morgan fingerprint density at radius 1 is 0.706 bits per heavy atom. The molecular weight excluding hydrogens is 236 g/mol. The quantitative estimate of drug-likeness (QED) is 0.398. The molecule has 96 valence electrons. The molecule has 2 rings (SSSR count). The highest BCUT2D eigenvalue weighted by Crippen LogP contribution is 2.17. The van der Waals surface area contributed by atoms with Gasteiger partial charge in [-0.1, -0.05) is 0 Å². The number of carbonyl (C=O) groups excluding carboxylic acids is 2. The summed E-state index contributed by atoms with van der Waals surface area (Å²) in [6.45, 7) is -0.668. The van der Waals surface area contributed by atoms with E-state index in [1.54, 1.807) is 0 Å². The summed E-state index contributed by atoms with van der Waals surface area (Å²) in [5.41, 5.74) is 0. The first-order valence-electron chi connectivity index (χ1n) is 4.79. The number of hydrogen-bond donors (Lipinski definition) is 4. The fourth-order valence-corrected chi connectivity index (χ4v) is 1.14. The van der Waals surface area contributed by atoms with Gasteiger partial charge in [0.1, 0.15) is 26.9 Å². The number of hydrogen-bond acceptors (Lipinski definition) is 6. The summed E-state index contributed by atoms with van der Waals surface area (Å²) >= 11 is 0. The Bertz CT molecular complexity index is 253. The van der Waals surface area contributed by atoms with Crippen LogP contribution >= 0.6 is 0 Å². The van der Waals surface area contributed by atoms with Crippen molar-refractivity contribution in [3.05, 3.63) is 0 Å². The minimum absolute atomic E-state index is 0.167. The lowest BCUT2D eigenvalue weighted by Gasteiger charge is -2.34. The molecule has 10 heteroatoms. The van der Waals surface area contributed by atoms with E-state index in [0.29, 0.717) is 0 Å². The summed E-state index contributed by atoms with van der Waals surface area (Å²) in [5, 5.41) is 9.52. The number of ether oxygens (including phenoxy) is 4. The lowest BCUT2D eigenvalue weighted by atomic mass is 10.8. The molecule has 10 nitrogen and oxygen atoms in total. The average Bonchev–Trinajstić information content (AvgIpc) is 2.23. The summed E-state index contributed by atoms with van der Waals surface area (Å²) in [4.78, 5) is 21.9. The smallest absolute Gasteiger partial charge is 0.315 e. The predicted molar refractivity (Wildman–Crippen MR) is 49.9 cm³/mol. The number of nitrogens with one attached hydrogen (secondary N) is 4. The Hall–Kier alpha value is -1.62. The first kappa shape index (κ1) is 11.9. The molecule has 2 aliphatic rings. The summed E-state index contributed by atoms with van der Waals surface area (Å²) in [6, 6.07) is -0.866. The zero-order valence-electron chi connectivity index (χ0n) is 8.78. The fraction of sp³-hybridized carbons (Fsp3) is 0.714. The standard InChI is InChI=1S/C7H12N4O6/c12-5-8-1-14-7(15-2-9-5)16-3-10-6(13)11-4-17-7/h1-4H2,(H2,8,9,12)(H2,10,11,13). The third kappa shape index (κ3) is 3.17. The van der Waals surface area contributed by atoms with Gasteiger partial charge in [-0.05, 0) is 0 Å². The van der Waals surface area contributed by atoms with Crippen LogP contribution in [0.3, 0.4) is 0 Å². The molecule has 0 atom stereocenters. The lowest BCUT2D eigenvalue weighted by Crippen LogP contribution is -2.56. The molecule has 4 amide bonds. The molecule has 4 N–H and O–H groups in total. The first-order chi connectivity index (χ1) is 8.20. The van der Waals surface area contributed by atoms with Crippen LogP contribution in [0.4, 0.5) is 9.59 Å². The molecule has 0 saturated carbocycles. The molecular formula is C7H12N4O6. The van der Waals surface area contributed by atoms with Gasteiger partial charge in [-0.3, -0.25) is 18.9 Å². The molecule has 0 aromatic carbocycles. The molecule has 0 aliphatic carbocycles. The van der Waals surface area contributed by atoms with E-state index in [1.165, 1.54) is 0 Å². The molecule has 1 spiro atoms. The van der Waals surface area contributed by atoms with Crippen molar-refractivity contribution in [2.45, 2.75) is 6.16 Å². The average molecular weight is 248 g/mol. The molecule has 2 aliphatic heterocycles. The van der Waals surface area contributed by atoms with E-state index in [1.807, 2.05) is 0 Å². The van der Waals surface area contributed by atoms with Crippen LogP contribution in [0.15, 0.2) is 0 Å². The van der Waals surface area contributed by atoms with Gasteiger partial charge in [0, 0.05) is 0 Å². The summed E-state index contributed by atoms with van der Waals surface area (Å²) in [5.74, 6) is 0. The monoisotopic (exact) mass is 248 g/mol. The molecule has 17 heavy (non-hydrogen) atoms. The number of carbonyl (C=O) groups is 2. The molecule has 0 unspecified atom stereocenters. The van der Waals surface area contributed by atoms with Gasteiger partial charge in [0.2, 0.25) is 0 Å². The van der Waals surface area contributed by atoms with Gasteiger partial charge in [-0.15, -0.1) is 0 Å². The minimum atomic E-state index is -1.78.